The highest BCUT2D eigenvalue weighted by Crippen LogP contribution is 2.45. The molecule has 4 heterocycles. The first-order chi connectivity index (χ1) is 14.9. The van der Waals surface area contributed by atoms with Crippen molar-refractivity contribution in [2.45, 2.75) is 49.5 Å². The smallest absolute Gasteiger partial charge is 0.144 e. The molecule has 3 aromatic heterocycles. The number of nitrogen functional groups attached to an aromatic ring is 1. The van der Waals surface area contributed by atoms with E-state index in [4.69, 9.17) is 5.73 Å². The lowest BCUT2D eigenvalue weighted by molar-refractivity contribution is 0.0176. The van der Waals surface area contributed by atoms with Crippen molar-refractivity contribution in [2.75, 3.05) is 5.73 Å². The molecule has 1 fully saturated rings. The van der Waals surface area contributed by atoms with Crippen LogP contribution in [0.25, 0.3) is 21.9 Å². The maximum absolute atomic E-state index is 10.8. The van der Waals surface area contributed by atoms with E-state index in [9.17, 15) is 10.2 Å². The first-order valence-electron chi connectivity index (χ1n) is 10.4. The van der Waals surface area contributed by atoms with Crippen LogP contribution in [0.5, 0.6) is 0 Å². The van der Waals surface area contributed by atoms with E-state index in [1.807, 2.05) is 36.7 Å². The number of rotatable bonds is 4. The van der Waals surface area contributed by atoms with E-state index in [0.717, 1.165) is 51.6 Å². The molecule has 160 valence electrons. The summed E-state index contributed by atoms with van der Waals surface area (Å²) in [6.45, 7) is 3.90. The fourth-order valence-corrected chi connectivity index (χ4v) is 5.86. The maximum atomic E-state index is 10.8. The summed E-state index contributed by atoms with van der Waals surface area (Å²) < 4.78 is 1.95. The van der Waals surface area contributed by atoms with Gasteiger partial charge in [0.25, 0.3) is 0 Å². The summed E-state index contributed by atoms with van der Waals surface area (Å²) in [5.41, 5.74) is 10.7. The highest BCUT2D eigenvalue weighted by atomic mass is 32.2. The lowest BCUT2D eigenvalue weighted by atomic mass is 10.0. The quantitative estimate of drug-likeness (QED) is 0.452. The number of aromatic nitrogens is 4. The van der Waals surface area contributed by atoms with Crippen LogP contribution in [-0.4, -0.2) is 47.2 Å². The Morgan fingerprint density at radius 3 is 2.77 bits per heavy atom. The lowest BCUT2D eigenvalue weighted by Gasteiger charge is -2.17. The van der Waals surface area contributed by atoms with Crippen LogP contribution in [0.1, 0.15) is 28.6 Å². The van der Waals surface area contributed by atoms with Gasteiger partial charge in [-0.15, -0.1) is 11.8 Å². The molecule has 1 saturated heterocycles. The minimum Gasteiger partial charge on any atom is -0.389 e. The summed E-state index contributed by atoms with van der Waals surface area (Å²) in [5, 5.41) is 23.2. The normalized spacial score (nSPS) is 23.7. The number of nitrogens with zero attached hydrogens (tertiary/aromatic N) is 4. The number of aliphatic hydroxyl groups excluding tert-OH is 2. The molecule has 4 aromatic rings. The van der Waals surface area contributed by atoms with E-state index < -0.39 is 12.2 Å². The van der Waals surface area contributed by atoms with Crippen molar-refractivity contribution in [3.63, 3.8) is 0 Å². The van der Waals surface area contributed by atoms with Gasteiger partial charge in [-0.1, -0.05) is 12.1 Å². The Morgan fingerprint density at radius 2 is 1.94 bits per heavy atom. The zero-order chi connectivity index (χ0) is 21.7. The second-order valence-electron chi connectivity index (χ2n) is 8.22. The summed E-state index contributed by atoms with van der Waals surface area (Å²) in [5.74, 6) is 0.551. The molecule has 4 N–H and O–H groups in total. The van der Waals surface area contributed by atoms with Crippen LogP contribution in [0, 0.1) is 13.8 Å². The largest absolute Gasteiger partial charge is 0.389 e. The van der Waals surface area contributed by atoms with Crippen molar-refractivity contribution in [3.05, 3.63) is 59.7 Å². The fourth-order valence-electron chi connectivity index (χ4n) is 4.30. The minimum atomic E-state index is -0.859. The molecule has 8 heteroatoms. The molecule has 7 nitrogen and oxygen atoms in total. The molecule has 1 aromatic carbocycles. The third-order valence-corrected chi connectivity index (χ3v) is 7.80. The van der Waals surface area contributed by atoms with Crippen LogP contribution in [0.4, 0.5) is 5.82 Å². The summed E-state index contributed by atoms with van der Waals surface area (Å²) in [6, 6.07) is 10.2. The van der Waals surface area contributed by atoms with Gasteiger partial charge in [0.2, 0.25) is 0 Å². The molecule has 0 amide bonds. The highest BCUT2D eigenvalue weighted by Gasteiger charge is 2.43. The zero-order valence-electron chi connectivity index (χ0n) is 17.4. The van der Waals surface area contributed by atoms with Gasteiger partial charge in [-0.3, -0.25) is 0 Å². The molecule has 4 atom stereocenters. The molecule has 0 spiro atoms. The van der Waals surface area contributed by atoms with Gasteiger partial charge in [0.15, 0.2) is 0 Å². The van der Waals surface area contributed by atoms with Gasteiger partial charge in [0, 0.05) is 22.2 Å². The summed E-state index contributed by atoms with van der Waals surface area (Å²) in [7, 11) is 0. The van der Waals surface area contributed by atoms with Crippen molar-refractivity contribution < 1.29 is 10.2 Å². The van der Waals surface area contributed by atoms with Gasteiger partial charge >= 0.3 is 0 Å². The number of hydrogen-bond acceptors (Lipinski definition) is 7. The number of pyridine rings is 1. The highest BCUT2D eigenvalue weighted by molar-refractivity contribution is 8.00. The van der Waals surface area contributed by atoms with Gasteiger partial charge in [-0.2, -0.15) is 0 Å². The van der Waals surface area contributed by atoms with Gasteiger partial charge in [-0.25, -0.2) is 15.0 Å². The molecular weight excluding hydrogens is 410 g/mol. The van der Waals surface area contributed by atoms with Gasteiger partial charge in [0.05, 0.1) is 17.3 Å². The van der Waals surface area contributed by atoms with E-state index in [2.05, 4.69) is 33.2 Å². The Hall–Kier alpha value is -2.68. The van der Waals surface area contributed by atoms with Crippen molar-refractivity contribution >= 4 is 39.5 Å². The standard InChI is InChI=1S/C23H25N5O2S/c1-12-9-15-5-3-14(10-17(15)27-21(12)24)4-6-18-19(29)20(30)23(31-18)28-8-7-16-13(2)25-11-26-22(16)28/h3,5,7-11,18-20,23,29-30H,4,6H2,1-2H3,(H2,24,27)/t18-,19-,20-,23-/m1/s1. The van der Waals surface area contributed by atoms with Crippen molar-refractivity contribution in [1.82, 2.24) is 19.5 Å². The number of thioether (sulfide) groups is 1. The summed E-state index contributed by atoms with van der Waals surface area (Å²) in [6.07, 6.45) is 3.33. The van der Waals surface area contributed by atoms with Crippen LogP contribution in [0.3, 0.4) is 0 Å². The van der Waals surface area contributed by atoms with Crippen molar-refractivity contribution in [3.8, 4) is 0 Å². The Bertz CT molecular complexity index is 1270. The Balaban J connectivity index is 1.34. The number of anilines is 1. The van der Waals surface area contributed by atoms with Crippen LogP contribution in [-0.2, 0) is 6.42 Å². The Kier molecular flexibility index (Phi) is 5.08. The molecule has 0 aliphatic carbocycles. The van der Waals surface area contributed by atoms with Crippen molar-refractivity contribution in [2.24, 2.45) is 0 Å². The molecule has 1 aliphatic heterocycles. The average molecular weight is 436 g/mol. The van der Waals surface area contributed by atoms with E-state index in [1.165, 1.54) is 6.33 Å². The topological polar surface area (TPSA) is 110 Å². The zero-order valence-corrected chi connectivity index (χ0v) is 18.3. The second-order valence-corrected chi connectivity index (χ2v) is 9.58. The molecule has 0 saturated carbocycles. The maximum Gasteiger partial charge on any atom is 0.144 e. The van der Waals surface area contributed by atoms with Crippen LogP contribution < -0.4 is 5.73 Å². The monoisotopic (exact) mass is 435 g/mol. The van der Waals surface area contributed by atoms with E-state index >= 15 is 0 Å². The third-order valence-electron chi connectivity index (χ3n) is 6.15. The predicted molar refractivity (Wildman–Crippen MR) is 124 cm³/mol. The van der Waals surface area contributed by atoms with E-state index in [1.54, 1.807) is 11.8 Å². The third kappa shape index (κ3) is 3.54. The second kappa shape index (κ2) is 7.78. The molecular formula is C23H25N5O2S. The van der Waals surface area contributed by atoms with Gasteiger partial charge < -0.3 is 20.5 Å². The average Bonchev–Trinajstić information content (AvgIpc) is 3.30. The van der Waals surface area contributed by atoms with Crippen LogP contribution >= 0.6 is 11.8 Å². The Morgan fingerprint density at radius 1 is 1.10 bits per heavy atom. The summed E-state index contributed by atoms with van der Waals surface area (Å²) in [4.78, 5) is 13.1. The predicted octanol–water partition coefficient (Wildman–Crippen LogP) is 3.15. The SMILES string of the molecule is Cc1cc2ccc(CC[C@H]3S[C@@H](n4ccc5c(C)ncnc54)[C@H](O)[C@@H]3O)cc2nc1N. The fraction of sp³-hybridized carbons (Fsp3) is 0.348. The number of hydrogen-bond donors (Lipinski definition) is 3. The van der Waals surface area contributed by atoms with Gasteiger partial charge in [0.1, 0.15) is 29.3 Å². The van der Waals surface area contributed by atoms with Crippen LogP contribution in [0.2, 0.25) is 0 Å². The number of fused-ring (bicyclic) bond motifs is 2. The minimum absolute atomic E-state index is 0.0767. The summed E-state index contributed by atoms with van der Waals surface area (Å²) >= 11 is 1.60. The number of aryl methyl sites for hydroxylation is 3. The number of aliphatic hydroxyl groups is 2. The first kappa shape index (κ1) is 20.2. The Labute approximate surface area is 184 Å². The van der Waals surface area contributed by atoms with E-state index in [0.29, 0.717) is 5.82 Å². The first-order valence-corrected chi connectivity index (χ1v) is 11.3. The number of nitrogens with two attached hydrogens (primary N) is 1. The van der Waals surface area contributed by atoms with E-state index in [-0.39, 0.29) is 10.6 Å². The van der Waals surface area contributed by atoms with Crippen molar-refractivity contribution in [1.29, 1.82) is 0 Å². The molecule has 31 heavy (non-hydrogen) atoms. The number of benzene rings is 1. The molecule has 0 radical (unpaired) electrons. The van der Waals surface area contributed by atoms with Crippen LogP contribution in [0.15, 0.2) is 42.9 Å². The van der Waals surface area contributed by atoms with Gasteiger partial charge in [-0.05, 0) is 56.0 Å². The molecule has 0 bridgehead atoms. The molecule has 5 rings (SSSR count). The lowest BCUT2D eigenvalue weighted by Crippen LogP contribution is -2.31. The molecule has 0 unspecified atom stereocenters. The molecule has 1 aliphatic rings.